The van der Waals surface area contributed by atoms with Crippen molar-refractivity contribution in [1.29, 1.82) is 0 Å². The van der Waals surface area contributed by atoms with E-state index in [2.05, 4.69) is 31.3 Å². The number of hydrogen-bond acceptors (Lipinski definition) is 5. The smallest absolute Gasteiger partial charge is 0.305 e. The molecule has 58 heavy (non-hydrogen) atoms. The number of nitrogens with one attached hydrogen (secondary N) is 1. The van der Waals surface area contributed by atoms with E-state index in [0.717, 1.165) is 44.9 Å². The molecule has 0 aromatic carbocycles. The first kappa shape index (κ1) is 56.6. The van der Waals surface area contributed by atoms with Gasteiger partial charge in [-0.05, 0) is 51.4 Å². The van der Waals surface area contributed by atoms with Crippen LogP contribution in [0.5, 0.6) is 0 Å². The van der Waals surface area contributed by atoms with Crippen LogP contribution in [0.2, 0.25) is 0 Å². The normalized spacial score (nSPS) is 12.7. The summed E-state index contributed by atoms with van der Waals surface area (Å²) in [6.07, 6.45) is 54.8. The Kier molecular flexibility index (Phi) is 47.1. The molecule has 2 unspecified atom stereocenters. The third-order valence-electron chi connectivity index (χ3n) is 12.1. The molecule has 0 aliphatic heterocycles. The van der Waals surface area contributed by atoms with E-state index in [9.17, 15) is 19.8 Å². The Bertz CT molecular complexity index is 863. The number of carbonyl (C=O) groups excluding carboxylic acids is 2. The van der Waals surface area contributed by atoms with Gasteiger partial charge < -0.3 is 20.3 Å². The minimum Gasteiger partial charge on any atom is -0.466 e. The first-order valence-corrected chi connectivity index (χ1v) is 25.9. The van der Waals surface area contributed by atoms with E-state index in [1.165, 1.54) is 205 Å². The molecule has 344 valence electrons. The van der Waals surface area contributed by atoms with Gasteiger partial charge in [-0.2, -0.15) is 0 Å². The average Bonchev–Trinajstić information content (AvgIpc) is 3.22. The van der Waals surface area contributed by atoms with Crippen molar-refractivity contribution in [3.8, 4) is 0 Å². The van der Waals surface area contributed by atoms with Crippen LogP contribution < -0.4 is 5.32 Å². The van der Waals surface area contributed by atoms with Gasteiger partial charge in [0.1, 0.15) is 0 Å². The zero-order valence-corrected chi connectivity index (χ0v) is 39.0. The summed E-state index contributed by atoms with van der Waals surface area (Å²) in [5.74, 6) is -0.0387. The molecule has 0 radical (unpaired) electrons. The standard InChI is InChI=1S/C52H101NO5/c1-3-5-7-9-11-13-14-26-30-34-38-42-46-52(57)58-47-43-39-35-31-27-24-22-20-18-16-15-17-19-21-23-25-29-33-37-41-45-51(56)53-49(48-54)50(55)44-40-36-32-28-12-10-8-6-4-2/h11,13,49-50,54-55H,3-10,12,14-48H2,1-2H3,(H,53,56)/b13-11-. The molecule has 0 spiro atoms. The molecule has 0 heterocycles. The molecule has 0 aliphatic rings. The predicted molar refractivity (Wildman–Crippen MR) is 250 cm³/mol. The van der Waals surface area contributed by atoms with Gasteiger partial charge in [0, 0.05) is 12.8 Å². The van der Waals surface area contributed by atoms with Gasteiger partial charge in [-0.15, -0.1) is 0 Å². The molecule has 0 saturated heterocycles. The maximum Gasteiger partial charge on any atom is 0.305 e. The maximum absolute atomic E-state index is 12.4. The van der Waals surface area contributed by atoms with Gasteiger partial charge in [-0.1, -0.05) is 231 Å². The quantitative estimate of drug-likeness (QED) is 0.0323. The Hall–Kier alpha value is -1.40. The van der Waals surface area contributed by atoms with Crippen LogP contribution in [0.15, 0.2) is 12.2 Å². The highest BCUT2D eigenvalue weighted by Gasteiger charge is 2.20. The van der Waals surface area contributed by atoms with Crippen molar-refractivity contribution in [2.24, 2.45) is 0 Å². The zero-order chi connectivity index (χ0) is 42.3. The Labute approximate surface area is 361 Å². The zero-order valence-electron chi connectivity index (χ0n) is 39.0. The van der Waals surface area contributed by atoms with E-state index in [1.807, 2.05) is 0 Å². The van der Waals surface area contributed by atoms with Crippen molar-refractivity contribution in [3.63, 3.8) is 0 Å². The molecule has 0 rings (SSSR count). The Morgan fingerprint density at radius 2 is 0.810 bits per heavy atom. The van der Waals surface area contributed by atoms with Gasteiger partial charge in [0.05, 0.1) is 25.4 Å². The fourth-order valence-corrected chi connectivity index (χ4v) is 8.05. The lowest BCUT2D eigenvalue weighted by Crippen LogP contribution is -2.45. The molecule has 1 amide bonds. The highest BCUT2D eigenvalue weighted by Crippen LogP contribution is 2.17. The van der Waals surface area contributed by atoms with Crippen molar-refractivity contribution >= 4 is 11.9 Å². The minimum absolute atomic E-state index is 0.000333. The fourth-order valence-electron chi connectivity index (χ4n) is 8.05. The van der Waals surface area contributed by atoms with Gasteiger partial charge in [-0.3, -0.25) is 9.59 Å². The van der Waals surface area contributed by atoms with Crippen LogP contribution in [0, 0.1) is 0 Å². The van der Waals surface area contributed by atoms with Crippen molar-refractivity contribution < 1.29 is 24.5 Å². The second-order valence-electron chi connectivity index (χ2n) is 17.9. The number of ether oxygens (including phenoxy) is 1. The highest BCUT2D eigenvalue weighted by molar-refractivity contribution is 5.76. The summed E-state index contributed by atoms with van der Waals surface area (Å²) in [6, 6.07) is -0.539. The summed E-state index contributed by atoms with van der Waals surface area (Å²) in [7, 11) is 0. The summed E-state index contributed by atoms with van der Waals surface area (Å²) in [5.41, 5.74) is 0. The second-order valence-corrected chi connectivity index (χ2v) is 17.9. The third-order valence-corrected chi connectivity index (χ3v) is 12.1. The lowest BCUT2D eigenvalue weighted by atomic mass is 10.0. The Balaban J connectivity index is 3.36. The van der Waals surface area contributed by atoms with Crippen molar-refractivity contribution in [3.05, 3.63) is 12.2 Å². The van der Waals surface area contributed by atoms with E-state index in [4.69, 9.17) is 4.74 Å². The SMILES string of the molecule is CCCCC/C=C\CCCCCCCC(=O)OCCCCCCCCCCCCCCCCCCCCCCC(=O)NC(CO)C(O)CCCCCCCCCCC. The summed E-state index contributed by atoms with van der Waals surface area (Å²) < 4.78 is 5.45. The highest BCUT2D eigenvalue weighted by atomic mass is 16.5. The molecule has 0 fully saturated rings. The number of aliphatic hydroxyl groups excluding tert-OH is 2. The number of unbranched alkanes of at least 4 members (excludes halogenated alkanes) is 35. The number of amides is 1. The lowest BCUT2D eigenvalue weighted by molar-refractivity contribution is -0.143. The summed E-state index contributed by atoms with van der Waals surface area (Å²) >= 11 is 0. The monoisotopic (exact) mass is 820 g/mol. The third kappa shape index (κ3) is 44.2. The topological polar surface area (TPSA) is 95.9 Å². The van der Waals surface area contributed by atoms with E-state index in [1.54, 1.807) is 0 Å². The molecular formula is C52H101NO5. The first-order chi connectivity index (χ1) is 28.5. The Morgan fingerprint density at radius 1 is 0.466 bits per heavy atom. The fraction of sp³-hybridized carbons (Fsp3) is 0.923. The summed E-state index contributed by atoms with van der Waals surface area (Å²) in [5, 5.41) is 23.1. The van der Waals surface area contributed by atoms with Gasteiger partial charge in [0.25, 0.3) is 0 Å². The van der Waals surface area contributed by atoms with E-state index < -0.39 is 12.1 Å². The van der Waals surface area contributed by atoms with Crippen LogP contribution in [0.1, 0.15) is 284 Å². The molecule has 0 saturated carbocycles. The summed E-state index contributed by atoms with van der Waals surface area (Å²) in [6.45, 7) is 4.90. The number of carbonyl (C=O) groups is 2. The lowest BCUT2D eigenvalue weighted by Gasteiger charge is -2.22. The molecule has 2 atom stereocenters. The molecule has 0 aliphatic carbocycles. The van der Waals surface area contributed by atoms with Crippen LogP contribution in [-0.2, 0) is 14.3 Å². The van der Waals surface area contributed by atoms with Gasteiger partial charge >= 0.3 is 5.97 Å². The molecule has 0 aromatic rings. The van der Waals surface area contributed by atoms with Crippen molar-refractivity contribution in [1.82, 2.24) is 5.32 Å². The number of rotatable bonds is 48. The Morgan fingerprint density at radius 3 is 1.26 bits per heavy atom. The predicted octanol–water partition coefficient (Wildman–Crippen LogP) is 15.3. The number of allylic oxidation sites excluding steroid dienone is 2. The van der Waals surface area contributed by atoms with Gasteiger partial charge in [0.2, 0.25) is 5.91 Å². The minimum atomic E-state index is -0.662. The van der Waals surface area contributed by atoms with Crippen LogP contribution >= 0.6 is 0 Å². The largest absolute Gasteiger partial charge is 0.466 e. The van der Waals surface area contributed by atoms with Crippen LogP contribution in [0.25, 0.3) is 0 Å². The molecule has 6 nitrogen and oxygen atoms in total. The van der Waals surface area contributed by atoms with E-state index in [-0.39, 0.29) is 18.5 Å². The first-order valence-electron chi connectivity index (χ1n) is 25.9. The molecule has 0 aromatic heterocycles. The van der Waals surface area contributed by atoms with Gasteiger partial charge in [-0.25, -0.2) is 0 Å². The van der Waals surface area contributed by atoms with Crippen LogP contribution in [-0.4, -0.2) is 47.4 Å². The maximum atomic E-state index is 12.4. The van der Waals surface area contributed by atoms with Gasteiger partial charge in [0.15, 0.2) is 0 Å². The second kappa shape index (κ2) is 48.3. The number of esters is 1. The molecule has 3 N–H and O–H groups in total. The average molecular weight is 820 g/mol. The summed E-state index contributed by atoms with van der Waals surface area (Å²) in [4.78, 5) is 24.4. The number of aliphatic hydroxyl groups is 2. The number of hydrogen-bond donors (Lipinski definition) is 3. The van der Waals surface area contributed by atoms with Crippen LogP contribution in [0.3, 0.4) is 0 Å². The van der Waals surface area contributed by atoms with E-state index in [0.29, 0.717) is 25.9 Å². The van der Waals surface area contributed by atoms with Crippen LogP contribution in [0.4, 0.5) is 0 Å². The molecule has 6 heteroatoms. The van der Waals surface area contributed by atoms with E-state index >= 15 is 0 Å². The van der Waals surface area contributed by atoms with Crippen molar-refractivity contribution in [2.75, 3.05) is 13.2 Å². The van der Waals surface area contributed by atoms with Crippen molar-refractivity contribution in [2.45, 2.75) is 296 Å². The molecular weight excluding hydrogens is 719 g/mol. The molecule has 0 bridgehead atoms.